The van der Waals surface area contributed by atoms with Crippen molar-refractivity contribution in [2.24, 2.45) is 0 Å². The summed E-state index contributed by atoms with van der Waals surface area (Å²) < 4.78 is 5.36. The lowest BCUT2D eigenvalue weighted by atomic mass is 9.95. The van der Waals surface area contributed by atoms with Crippen LogP contribution >= 0.6 is 0 Å². The maximum atomic E-state index is 13.0. The monoisotopic (exact) mass is 437 g/mol. The van der Waals surface area contributed by atoms with Crippen molar-refractivity contribution >= 4 is 23.1 Å². The summed E-state index contributed by atoms with van der Waals surface area (Å²) in [7, 11) is 0. The molecule has 0 unspecified atom stereocenters. The minimum absolute atomic E-state index is 0.0166. The average molecular weight is 437 g/mol. The maximum Gasteiger partial charge on any atom is 0.295 e. The van der Waals surface area contributed by atoms with Gasteiger partial charge in [-0.05, 0) is 17.7 Å². The summed E-state index contributed by atoms with van der Waals surface area (Å²) in [6.07, 6.45) is 0. The summed E-state index contributed by atoms with van der Waals surface area (Å²) in [5.74, 6) is -1.73. The fourth-order valence-corrected chi connectivity index (χ4v) is 4.06. The van der Waals surface area contributed by atoms with Crippen LogP contribution in [0.4, 0.5) is 5.69 Å². The first kappa shape index (κ1) is 21.7. The zero-order valence-corrected chi connectivity index (χ0v) is 17.3. The molecule has 0 bridgehead atoms. The molecule has 166 valence electrons. The van der Waals surface area contributed by atoms with Gasteiger partial charge < -0.3 is 14.7 Å². The van der Waals surface area contributed by atoms with E-state index in [1.807, 2.05) is 0 Å². The number of benzene rings is 2. The Morgan fingerprint density at radius 3 is 2.31 bits per heavy atom. The van der Waals surface area contributed by atoms with Crippen molar-refractivity contribution in [1.29, 1.82) is 0 Å². The third-order valence-corrected chi connectivity index (χ3v) is 5.77. The van der Waals surface area contributed by atoms with Crippen molar-refractivity contribution in [3.63, 3.8) is 0 Å². The summed E-state index contributed by atoms with van der Waals surface area (Å²) in [6, 6.07) is 13.4. The minimum Gasteiger partial charge on any atom is -0.507 e. The van der Waals surface area contributed by atoms with Gasteiger partial charge in [-0.3, -0.25) is 24.6 Å². The number of amides is 1. The Bertz CT molecular complexity index is 1050. The Labute approximate surface area is 184 Å². The summed E-state index contributed by atoms with van der Waals surface area (Å²) >= 11 is 0. The van der Waals surface area contributed by atoms with Crippen molar-refractivity contribution < 1.29 is 24.4 Å². The SMILES string of the molecule is O=C1C(=O)N(CCN2CCOCC2)[C@@H](c2ccc([N+](=O)[O-])cc2)/C1=C(\O)c1ccccc1. The van der Waals surface area contributed by atoms with Crippen molar-refractivity contribution in [2.45, 2.75) is 6.04 Å². The highest BCUT2D eigenvalue weighted by Crippen LogP contribution is 2.39. The number of nitro benzene ring substituents is 1. The average Bonchev–Trinajstić information content (AvgIpc) is 3.08. The predicted octanol–water partition coefficient (Wildman–Crippen LogP) is 2.35. The van der Waals surface area contributed by atoms with Gasteiger partial charge in [0.05, 0.1) is 29.8 Å². The molecule has 2 aromatic carbocycles. The van der Waals surface area contributed by atoms with Crippen molar-refractivity contribution in [2.75, 3.05) is 39.4 Å². The number of morpholine rings is 1. The zero-order chi connectivity index (χ0) is 22.7. The van der Waals surface area contributed by atoms with E-state index in [-0.39, 0.29) is 23.6 Å². The van der Waals surface area contributed by atoms with Crippen LogP contribution in [-0.2, 0) is 14.3 Å². The van der Waals surface area contributed by atoms with Crippen LogP contribution in [0, 0.1) is 10.1 Å². The number of ether oxygens (including phenoxy) is 1. The van der Waals surface area contributed by atoms with Crippen LogP contribution in [0.3, 0.4) is 0 Å². The molecule has 1 atom stereocenters. The first-order valence-corrected chi connectivity index (χ1v) is 10.4. The van der Waals surface area contributed by atoms with Gasteiger partial charge in [-0.15, -0.1) is 0 Å². The molecule has 1 amide bonds. The highest BCUT2D eigenvalue weighted by Gasteiger charge is 2.46. The minimum atomic E-state index is -0.836. The number of likely N-dealkylation sites (tertiary alicyclic amines) is 1. The fourth-order valence-electron chi connectivity index (χ4n) is 4.06. The fraction of sp³-hybridized carbons (Fsp3) is 0.304. The molecule has 2 aliphatic heterocycles. The van der Waals surface area contributed by atoms with E-state index in [4.69, 9.17) is 4.74 Å². The number of aliphatic hydroxyl groups is 1. The number of nitro groups is 1. The van der Waals surface area contributed by atoms with E-state index in [2.05, 4.69) is 4.90 Å². The van der Waals surface area contributed by atoms with Gasteiger partial charge in [-0.2, -0.15) is 0 Å². The van der Waals surface area contributed by atoms with Crippen LogP contribution in [0.1, 0.15) is 17.2 Å². The first-order chi connectivity index (χ1) is 15.5. The highest BCUT2D eigenvalue weighted by molar-refractivity contribution is 6.46. The second-order valence-electron chi connectivity index (χ2n) is 7.66. The van der Waals surface area contributed by atoms with Crippen LogP contribution in [0.25, 0.3) is 5.76 Å². The van der Waals surface area contributed by atoms with Crippen LogP contribution < -0.4 is 0 Å². The second-order valence-corrected chi connectivity index (χ2v) is 7.66. The van der Waals surface area contributed by atoms with Gasteiger partial charge >= 0.3 is 0 Å². The van der Waals surface area contributed by atoms with E-state index >= 15 is 0 Å². The number of Topliss-reactive ketones (excluding diaryl/α,β-unsaturated/α-hetero) is 1. The molecule has 0 saturated carbocycles. The van der Waals surface area contributed by atoms with Gasteiger partial charge in [-0.1, -0.05) is 30.3 Å². The standard InChI is InChI=1S/C23H23N3O6/c27-21(17-4-2-1-3-5-17)19-20(16-6-8-18(9-7-16)26(30)31)25(23(29)22(19)28)11-10-24-12-14-32-15-13-24/h1-9,20,27H,10-15H2/b21-19+/t20-/m0/s1. The van der Waals surface area contributed by atoms with Gasteiger partial charge in [0.25, 0.3) is 17.4 Å². The lowest BCUT2D eigenvalue weighted by Crippen LogP contribution is -2.42. The quantitative estimate of drug-likeness (QED) is 0.243. The normalized spacial score (nSPS) is 21.1. The molecular weight excluding hydrogens is 414 g/mol. The summed E-state index contributed by atoms with van der Waals surface area (Å²) in [4.78, 5) is 40.1. The number of carbonyl (C=O) groups is 2. The Kier molecular flexibility index (Phi) is 6.29. The summed E-state index contributed by atoms with van der Waals surface area (Å²) in [5.41, 5.74) is 0.832. The second kappa shape index (κ2) is 9.29. The Morgan fingerprint density at radius 2 is 1.69 bits per heavy atom. The van der Waals surface area contributed by atoms with Gasteiger partial charge in [0.1, 0.15) is 5.76 Å². The number of hydrogen-bond acceptors (Lipinski definition) is 7. The van der Waals surface area contributed by atoms with E-state index in [1.54, 1.807) is 30.3 Å². The third-order valence-electron chi connectivity index (χ3n) is 5.77. The zero-order valence-electron chi connectivity index (χ0n) is 17.3. The molecule has 9 nitrogen and oxygen atoms in total. The highest BCUT2D eigenvalue weighted by atomic mass is 16.6. The topological polar surface area (TPSA) is 113 Å². The predicted molar refractivity (Wildman–Crippen MR) is 116 cm³/mol. The van der Waals surface area contributed by atoms with Gasteiger partial charge in [0, 0.05) is 43.9 Å². The number of ketones is 1. The number of hydrogen-bond donors (Lipinski definition) is 1. The Morgan fingerprint density at radius 1 is 1.03 bits per heavy atom. The molecule has 32 heavy (non-hydrogen) atoms. The molecule has 2 heterocycles. The lowest BCUT2D eigenvalue weighted by Gasteiger charge is -2.31. The number of carbonyl (C=O) groups excluding carboxylic acids is 2. The lowest BCUT2D eigenvalue weighted by molar-refractivity contribution is -0.384. The van der Waals surface area contributed by atoms with Gasteiger partial charge in [0.2, 0.25) is 0 Å². The van der Waals surface area contributed by atoms with E-state index in [9.17, 15) is 24.8 Å². The molecule has 1 N–H and O–H groups in total. The van der Waals surface area contributed by atoms with Gasteiger partial charge in [-0.25, -0.2) is 0 Å². The summed E-state index contributed by atoms with van der Waals surface area (Å²) in [6.45, 7) is 3.51. The molecule has 0 aliphatic carbocycles. The van der Waals surface area contributed by atoms with Gasteiger partial charge in [0.15, 0.2) is 0 Å². The van der Waals surface area contributed by atoms with E-state index in [1.165, 1.54) is 29.2 Å². The molecule has 2 aromatic rings. The molecule has 9 heteroatoms. The van der Waals surface area contributed by atoms with E-state index in [0.717, 1.165) is 13.1 Å². The first-order valence-electron chi connectivity index (χ1n) is 10.4. The molecular formula is C23H23N3O6. The molecule has 0 spiro atoms. The van der Waals surface area contributed by atoms with E-state index in [0.29, 0.717) is 30.9 Å². The van der Waals surface area contributed by atoms with Crippen molar-refractivity contribution in [3.8, 4) is 0 Å². The Hall–Kier alpha value is -3.56. The van der Waals surface area contributed by atoms with Crippen LogP contribution in [0.2, 0.25) is 0 Å². The number of non-ortho nitro benzene ring substituents is 1. The molecule has 2 fully saturated rings. The smallest absolute Gasteiger partial charge is 0.295 e. The van der Waals surface area contributed by atoms with Crippen molar-refractivity contribution in [1.82, 2.24) is 9.80 Å². The van der Waals surface area contributed by atoms with Crippen molar-refractivity contribution in [3.05, 3.63) is 81.4 Å². The van der Waals surface area contributed by atoms with Crippen LogP contribution in [-0.4, -0.2) is 70.9 Å². The molecule has 0 aromatic heterocycles. The van der Waals surface area contributed by atoms with Crippen LogP contribution in [0.5, 0.6) is 0 Å². The van der Waals surface area contributed by atoms with E-state index < -0.39 is 22.7 Å². The maximum absolute atomic E-state index is 13.0. The Balaban J connectivity index is 1.73. The van der Waals surface area contributed by atoms with Crippen LogP contribution in [0.15, 0.2) is 60.2 Å². The largest absolute Gasteiger partial charge is 0.507 e. The molecule has 2 aliphatic rings. The summed E-state index contributed by atoms with van der Waals surface area (Å²) in [5, 5.41) is 22.0. The number of aliphatic hydroxyl groups excluding tert-OH is 1. The third kappa shape index (κ3) is 4.25. The molecule has 4 rings (SSSR count). The number of nitrogens with zero attached hydrogens (tertiary/aromatic N) is 3. The molecule has 2 saturated heterocycles. The molecule has 0 radical (unpaired) electrons. The number of rotatable bonds is 6.